The molecule has 1 heterocycles. The van der Waals surface area contributed by atoms with E-state index >= 15 is 0 Å². The van der Waals surface area contributed by atoms with Crippen LogP contribution in [0.1, 0.15) is 79.3 Å². The van der Waals surface area contributed by atoms with Crippen LogP contribution in [0.25, 0.3) is 10.8 Å². The number of amides is 3. The Labute approximate surface area is 260 Å². The third-order valence-electron chi connectivity index (χ3n) is 7.32. The molecule has 3 aromatic carbocycles. The third kappa shape index (κ3) is 8.48. The number of nitrogens with zero attached hydrogens (tertiary/aromatic N) is 1. The van der Waals surface area contributed by atoms with Crippen molar-refractivity contribution in [3.8, 4) is 0 Å². The van der Waals surface area contributed by atoms with Crippen molar-refractivity contribution in [2.24, 2.45) is 5.92 Å². The van der Waals surface area contributed by atoms with Crippen molar-refractivity contribution in [1.29, 1.82) is 0 Å². The van der Waals surface area contributed by atoms with Gasteiger partial charge in [0.25, 0.3) is 11.8 Å². The van der Waals surface area contributed by atoms with Gasteiger partial charge in [0, 0.05) is 13.1 Å². The van der Waals surface area contributed by atoms with Crippen LogP contribution in [0, 0.1) is 5.92 Å². The number of carbonyl (C=O) groups is 4. The van der Waals surface area contributed by atoms with E-state index < -0.39 is 53.1 Å². The molecule has 0 fully saturated rings. The number of halogens is 3. The Bertz CT molecular complexity index is 1540. The zero-order valence-electron chi connectivity index (χ0n) is 26.0. The number of esters is 1. The van der Waals surface area contributed by atoms with Crippen LogP contribution >= 0.6 is 0 Å². The molecular formula is C34H38F3N3O5. The Morgan fingerprint density at radius 1 is 0.867 bits per heavy atom. The van der Waals surface area contributed by atoms with Crippen LogP contribution in [-0.2, 0) is 27.0 Å². The molecule has 0 saturated heterocycles. The van der Waals surface area contributed by atoms with Gasteiger partial charge in [-0.05, 0) is 80.1 Å². The molecule has 11 heteroatoms. The van der Waals surface area contributed by atoms with E-state index in [9.17, 15) is 32.3 Å². The Balaban J connectivity index is 1.51. The Hall–Kier alpha value is -4.25. The maximum absolute atomic E-state index is 13.3. The quantitative estimate of drug-likeness (QED) is 0.204. The Kier molecular flexibility index (Phi) is 10.0. The molecular weight excluding hydrogens is 587 g/mol. The fourth-order valence-electron chi connectivity index (χ4n) is 5.22. The molecule has 0 aromatic heterocycles. The van der Waals surface area contributed by atoms with Crippen LogP contribution in [-0.4, -0.2) is 52.8 Å². The summed E-state index contributed by atoms with van der Waals surface area (Å²) >= 11 is 0. The molecule has 0 saturated carbocycles. The first kappa shape index (κ1) is 33.6. The molecule has 2 N–H and O–H groups in total. The van der Waals surface area contributed by atoms with Gasteiger partial charge in [-0.15, -0.1) is 0 Å². The van der Waals surface area contributed by atoms with Gasteiger partial charge in [-0.3, -0.25) is 29.4 Å². The van der Waals surface area contributed by atoms with Gasteiger partial charge in [-0.2, -0.15) is 13.2 Å². The van der Waals surface area contributed by atoms with Gasteiger partial charge in [0.15, 0.2) is 0 Å². The molecule has 0 bridgehead atoms. The van der Waals surface area contributed by atoms with Crippen LogP contribution in [0.3, 0.4) is 0 Å². The van der Waals surface area contributed by atoms with Gasteiger partial charge in [0.1, 0.15) is 11.6 Å². The molecule has 0 unspecified atom stereocenters. The van der Waals surface area contributed by atoms with Crippen molar-refractivity contribution in [1.82, 2.24) is 15.5 Å². The highest BCUT2D eigenvalue weighted by atomic mass is 19.4. The lowest BCUT2D eigenvalue weighted by molar-refractivity contribution is -0.158. The summed E-state index contributed by atoms with van der Waals surface area (Å²) in [5.41, 5.74) is -0.841. The summed E-state index contributed by atoms with van der Waals surface area (Å²) < 4.78 is 45.1. The van der Waals surface area contributed by atoms with Crippen molar-refractivity contribution in [3.63, 3.8) is 0 Å². The lowest BCUT2D eigenvalue weighted by Gasteiger charge is -2.29. The lowest BCUT2D eigenvalue weighted by Crippen LogP contribution is -2.53. The molecule has 4 rings (SSSR count). The number of benzene rings is 3. The average molecular weight is 626 g/mol. The smallest absolute Gasteiger partial charge is 0.416 e. The summed E-state index contributed by atoms with van der Waals surface area (Å²) in [5, 5.41) is 7.38. The molecule has 45 heavy (non-hydrogen) atoms. The fraction of sp³-hybridized carbons (Fsp3) is 0.412. The second kappa shape index (κ2) is 13.4. The van der Waals surface area contributed by atoms with Gasteiger partial charge < -0.3 is 10.1 Å². The number of ether oxygens (including phenoxy) is 1. The van der Waals surface area contributed by atoms with Crippen LogP contribution in [0.2, 0.25) is 0 Å². The van der Waals surface area contributed by atoms with Crippen molar-refractivity contribution >= 4 is 34.5 Å². The number of hydrogen-bond donors (Lipinski definition) is 2. The summed E-state index contributed by atoms with van der Waals surface area (Å²) in [4.78, 5) is 54.3. The Morgan fingerprint density at radius 2 is 1.47 bits per heavy atom. The molecule has 0 aliphatic carbocycles. The minimum atomic E-state index is -4.52. The number of hydrogen-bond acceptors (Lipinski definition) is 6. The van der Waals surface area contributed by atoms with Crippen LogP contribution in [0.5, 0.6) is 0 Å². The number of carbonyl (C=O) groups excluding carboxylic acids is 4. The van der Waals surface area contributed by atoms with E-state index in [2.05, 4.69) is 10.6 Å². The molecule has 1 aliphatic rings. The molecule has 0 radical (unpaired) electrons. The SMILES string of the molecule is CC(C)C[C@H](N[C@H](CCN1C(=O)c2cc3ccccc3cc2C1=O)C(=O)OC(C)(C)C)C(=O)NCc1cccc(C(F)(F)F)c1. The lowest BCUT2D eigenvalue weighted by atomic mass is 10.0. The number of imide groups is 1. The fourth-order valence-corrected chi connectivity index (χ4v) is 5.22. The normalized spacial score (nSPS) is 14.9. The number of fused-ring (bicyclic) bond motifs is 2. The van der Waals surface area contributed by atoms with E-state index in [0.29, 0.717) is 6.42 Å². The van der Waals surface area contributed by atoms with Crippen molar-refractivity contribution in [2.75, 3.05) is 6.54 Å². The van der Waals surface area contributed by atoms with E-state index in [4.69, 9.17) is 4.74 Å². The molecule has 240 valence electrons. The van der Waals surface area contributed by atoms with E-state index in [1.165, 1.54) is 12.1 Å². The molecule has 3 amide bonds. The van der Waals surface area contributed by atoms with Crippen LogP contribution in [0.15, 0.2) is 60.7 Å². The molecule has 8 nitrogen and oxygen atoms in total. The molecule has 2 atom stereocenters. The average Bonchev–Trinajstić information content (AvgIpc) is 3.18. The standard InChI is InChI=1S/C34H38F3N3O5/c1-20(2)15-28(29(41)38-19-21-9-8-12-24(16-21)34(35,36)37)39-27(32(44)45-33(3,4)5)13-14-40-30(42)25-17-22-10-6-7-11-23(22)18-26(25)31(40)43/h6-12,16-18,20,27-28,39H,13-15,19H2,1-5H3,(H,38,41)/t27-,28+/m1/s1. The highest BCUT2D eigenvalue weighted by Gasteiger charge is 2.38. The van der Waals surface area contributed by atoms with E-state index in [-0.39, 0.29) is 42.1 Å². The second-order valence-corrected chi connectivity index (χ2v) is 12.6. The summed E-state index contributed by atoms with van der Waals surface area (Å²) in [6, 6.07) is 13.4. The zero-order valence-corrected chi connectivity index (χ0v) is 26.0. The monoisotopic (exact) mass is 625 g/mol. The van der Waals surface area contributed by atoms with Crippen LogP contribution < -0.4 is 10.6 Å². The first-order chi connectivity index (χ1) is 21.0. The van der Waals surface area contributed by atoms with Crippen molar-refractivity contribution in [2.45, 2.75) is 77.9 Å². The van der Waals surface area contributed by atoms with Gasteiger partial charge in [-0.1, -0.05) is 50.2 Å². The largest absolute Gasteiger partial charge is 0.459 e. The topological polar surface area (TPSA) is 105 Å². The second-order valence-electron chi connectivity index (χ2n) is 12.6. The van der Waals surface area contributed by atoms with Crippen molar-refractivity contribution < 1.29 is 37.1 Å². The molecule has 0 spiro atoms. The Morgan fingerprint density at radius 3 is 2.00 bits per heavy atom. The van der Waals surface area contributed by atoms with Gasteiger partial charge >= 0.3 is 12.1 Å². The van der Waals surface area contributed by atoms with Crippen molar-refractivity contribution in [3.05, 3.63) is 82.9 Å². The minimum Gasteiger partial charge on any atom is -0.459 e. The summed E-state index contributed by atoms with van der Waals surface area (Å²) in [6.07, 6.45) is -4.25. The maximum Gasteiger partial charge on any atom is 0.416 e. The zero-order chi connectivity index (χ0) is 33.1. The third-order valence-corrected chi connectivity index (χ3v) is 7.32. The molecule has 1 aliphatic heterocycles. The van der Waals surface area contributed by atoms with Gasteiger partial charge in [0.2, 0.25) is 5.91 Å². The predicted molar refractivity (Wildman–Crippen MR) is 163 cm³/mol. The highest BCUT2D eigenvalue weighted by Crippen LogP contribution is 2.30. The van der Waals surface area contributed by atoms with E-state index in [1.54, 1.807) is 32.9 Å². The first-order valence-electron chi connectivity index (χ1n) is 14.8. The minimum absolute atomic E-state index is 0.00598. The summed E-state index contributed by atoms with van der Waals surface area (Å²) in [6.45, 7) is 8.61. The number of nitrogens with one attached hydrogen (secondary N) is 2. The predicted octanol–water partition coefficient (Wildman–Crippen LogP) is 5.88. The number of rotatable bonds is 11. The molecule has 3 aromatic rings. The summed E-state index contributed by atoms with van der Waals surface area (Å²) in [7, 11) is 0. The maximum atomic E-state index is 13.3. The van der Waals surface area contributed by atoms with E-state index in [0.717, 1.165) is 27.8 Å². The number of alkyl halides is 3. The van der Waals surface area contributed by atoms with Gasteiger partial charge in [-0.25, -0.2) is 0 Å². The van der Waals surface area contributed by atoms with E-state index in [1.807, 2.05) is 38.1 Å². The first-order valence-corrected chi connectivity index (χ1v) is 14.8. The van der Waals surface area contributed by atoms with Gasteiger partial charge in [0.05, 0.1) is 22.7 Å². The highest BCUT2D eigenvalue weighted by molar-refractivity contribution is 6.23. The summed E-state index contributed by atoms with van der Waals surface area (Å²) in [5.74, 6) is -2.11. The van der Waals surface area contributed by atoms with Crippen LogP contribution in [0.4, 0.5) is 13.2 Å².